The van der Waals surface area contributed by atoms with Crippen LogP contribution in [0.15, 0.2) is 91.1 Å². The monoisotopic (exact) mass is 510 g/mol. The van der Waals surface area contributed by atoms with Gasteiger partial charge in [-0.15, -0.1) is 0 Å². The second-order valence-corrected chi connectivity index (χ2v) is 11.1. The van der Waals surface area contributed by atoms with Crippen molar-refractivity contribution in [3.8, 4) is 0 Å². The van der Waals surface area contributed by atoms with Crippen LogP contribution in [0.2, 0.25) is 0 Å². The van der Waals surface area contributed by atoms with Crippen molar-refractivity contribution in [1.29, 1.82) is 0 Å². The first-order valence-electron chi connectivity index (χ1n) is 11.5. The Labute approximate surface area is 208 Å². The van der Waals surface area contributed by atoms with Gasteiger partial charge in [-0.05, 0) is 37.6 Å². The van der Waals surface area contributed by atoms with Gasteiger partial charge in [0.15, 0.2) is 7.14 Å². The van der Waals surface area contributed by atoms with E-state index in [1.54, 1.807) is 31.2 Å². The molecule has 0 radical (unpaired) electrons. The first-order valence-corrected chi connectivity index (χ1v) is 13.2. The van der Waals surface area contributed by atoms with Crippen molar-refractivity contribution in [2.45, 2.75) is 32.5 Å². The molecule has 3 aromatic carbocycles. The number of nitrogens with zero attached hydrogens (tertiary/aromatic N) is 2. The van der Waals surface area contributed by atoms with E-state index in [1.807, 2.05) is 67.6 Å². The van der Waals surface area contributed by atoms with Gasteiger partial charge in [-0.2, -0.15) is 18.2 Å². The lowest BCUT2D eigenvalue weighted by Gasteiger charge is -2.20. The van der Waals surface area contributed by atoms with E-state index >= 15 is 0 Å². The molecule has 5 nitrogen and oxygen atoms in total. The number of halogens is 3. The van der Waals surface area contributed by atoms with Gasteiger partial charge in [0.2, 0.25) is 5.95 Å². The van der Waals surface area contributed by atoms with E-state index in [4.69, 9.17) is 0 Å². The van der Waals surface area contributed by atoms with Crippen LogP contribution < -0.4 is 26.5 Å². The van der Waals surface area contributed by atoms with E-state index in [9.17, 15) is 17.7 Å². The zero-order chi connectivity index (χ0) is 25.8. The molecular formula is C27H26F3N4OP. The number of benzene rings is 3. The maximum Gasteiger partial charge on any atom is 0.421 e. The van der Waals surface area contributed by atoms with Gasteiger partial charge in [-0.3, -0.25) is 0 Å². The van der Waals surface area contributed by atoms with Gasteiger partial charge in [0.1, 0.15) is 11.4 Å². The lowest BCUT2D eigenvalue weighted by Crippen LogP contribution is -2.24. The minimum Gasteiger partial charge on any atom is -0.367 e. The van der Waals surface area contributed by atoms with Crippen LogP contribution in [0.1, 0.15) is 25.8 Å². The van der Waals surface area contributed by atoms with E-state index in [2.05, 4.69) is 20.6 Å². The van der Waals surface area contributed by atoms with Crippen LogP contribution in [0.4, 0.5) is 30.6 Å². The number of alkyl halides is 3. The zero-order valence-electron chi connectivity index (χ0n) is 19.8. The molecule has 9 heteroatoms. The van der Waals surface area contributed by atoms with Gasteiger partial charge in [0, 0.05) is 33.8 Å². The smallest absolute Gasteiger partial charge is 0.367 e. The van der Waals surface area contributed by atoms with Crippen LogP contribution >= 0.6 is 7.14 Å². The lowest BCUT2D eigenvalue weighted by atomic mass is 10.2. The van der Waals surface area contributed by atoms with E-state index in [0.717, 1.165) is 6.20 Å². The summed E-state index contributed by atoms with van der Waals surface area (Å²) in [6.07, 6.45) is -3.17. The van der Waals surface area contributed by atoms with Gasteiger partial charge in [0.05, 0.1) is 0 Å². The Morgan fingerprint density at radius 3 is 1.89 bits per heavy atom. The van der Waals surface area contributed by atoms with E-state index in [1.165, 1.54) is 0 Å². The topological polar surface area (TPSA) is 66.9 Å². The minimum atomic E-state index is -4.58. The maximum absolute atomic E-state index is 14.4. The normalized spacial score (nSPS) is 12.7. The SMILES string of the molecule is CCC(C)Nc1nc(Nc2ccc(P(=O)(c3ccccc3)c3ccccc3)cc2)ncc1C(F)(F)F. The van der Waals surface area contributed by atoms with Gasteiger partial charge in [0.25, 0.3) is 0 Å². The highest BCUT2D eigenvalue weighted by Crippen LogP contribution is 2.42. The Hall–Kier alpha value is -3.64. The maximum atomic E-state index is 14.4. The molecule has 0 saturated carbocycles. The summed E-state index contributed by atoms with van der Waals surface area (Å²) >= 11 is 0. The van der Waals surface area contributed by atoms with Crippen LogP contribution in [0.25, 0.3) is 0 Å². The molecule has 186 valence electrons. The molecule has 0 saturated heterocycles. The second-order valence-electron chi connectivity index (χ2n) is 8.36. The molecule has 1 atom stereocenters. The fourth-order valence-corrected chi connectivity index (χ4v) is 6.35. The molecule has 0 fully saturated rings. The molecule has 36 heavy (non-hydrogen) atoms. The molecule has 2 N–H and O–H groups in total. The Balaban J connectivity index is 1.66. The molecule has 1 unspecified atom stereocenters. The molecule has 0 bridgehead atoms. The van der Waals surface area contributed by atoms with Crippen molar-refractivity contribution in [2.75, 3.05) is 10.6 Å². The fraction of sp³-hybridized carbons (Fsp3) is 0.185. The Kier molecular flexibility index (Phi) is 7.45. The molecule has 4 aromatic rings. The average Bonchev–Trinajstić information content (AvgIpc) is 2.89. The molecule has 0 aliphatic rings. The van der Waals surface area contributed by atoms with Crippen molar-refractivity contribution < 1.29 is 17.7 Å². The summed E-state index contributed by atoms with van der Waals surface area (Å²) in [5, 5.41) is 7.82. The van der Waals surface area contributed by atoms with Crippen molar-refractivity contribution in [2.24, 2.45) is 0 Å². The third-order valence-electron chi connectivity index (χ3n) is 5.82. The number of hydrogen-bond acceptors (Lipinski definition) is 5. The van der Waals surface area contributed by atoms with Crippen molar-refractivity contribution in [3.05, 3.63) is 96.7 Å². The fourth-order valence-electron chi connectivity index (χ4n) is 3.70. The molecule has 0 aliphatic carbocycles. The summed E-state index contributed by atoms with van der Waals surface area (Å²) in [5.41, 5.74) is -0.365. The molecule has 0 aliphatic heterocycles. The standard InChI is InChI=1S/C27H26F3N4OP/c1-3-19(2)32-25-24(27(28,29)30)18-31-26(34-25)33-20-14-16-23(17-15-20)36(35,21-10-6-4-7-11-21)22-12-8-5-9-13-22/h4-19H,3H2,1-2H3,(H2,31,32,33,34). The largest absolute Gasteiger partial charge is 0.421 e. The minimum absolute atomic E-state index is 0.0239. The zero-order valence-corrected chi connectivity index (χ0v) is 20.7. The third kappa shape index (κ3) is 5.44. The van der Waals surface area contributed by atoms with Crippen LogP contribution in [0.3, 0.4) is 0 Å². The van der Waals surface area contributed by atoms with Crippen LogP contribution in [-0.4, -0.2) is 16.0 Å². The predicted molar refractivity (Wildman–Crippen MR) is 140 cm³/mol. The lowest BCUT2D eigenvalue weighted by molar-refractivity contribution is -0.137. The van der Waals surface area contributed by atoms with E-state index in [-0.39, 0.29) is 17.8 Å². The van der Waals surface area contributed by atoms with Gasteiger partial charge in [-0.1, -0.05) is 67.6 Å². The molecule has 4 rings (SSSR count). The number of nitrogens with one attached hydrogen (secondary N) is 2. The summed E-state index contributed by atoms with van der Waals surface area (Å²) in [6, 6.07) is 25.3. The van der Waals surface area contributed by atoms with E-state index < -0.39 is 18.9 Å². The highest BCUT2D eigenvalue weighted by molar-refractivity contribution is 7.85. The van der Waals surface area contributed by atoms with Gasteiger partial charge < -0.3 is 15.2 Å². The molecule has 0 spiro atoms. The second kappa shape index (κ2) is 10.5. The summed E-state index contributed by atoms with van der Waals surface area (Å²) in [5.74, 6) is -0.250. The predicted octanol–water partition coefficient (Wildman–Crippen LogP) is 6.09. The number of anilines is 3. The highest BCUT2D eigenvalue weighted by Gasteiger charge is 2.35. The number of hydrogen-bond donors (Lipinski definition) is 2. The highest BCUT2D eigenvalue weighted by atomic mass is 31.2. The van der Waals surface area contributed by atoms with Crippen molar-refractivity contribution in [3.63, 3.8) is 0 Å². The average molecular weight is 511 g/mol. The third-order valence-corrected chi connectivity index (χ3v) is 8.89. The summed E-state index contributed by atoms with van der Waals surface area (Å²) < 4.78 is 54.7. The van der Waals surface area contributed by atoms with Crippen LogP contribution in [-0.2, 0) is 10.7 Å². The first kappa shape index (κ1) is 25.5. The first-order chi connectivity index (χ1) is 17.2. The van der Waals surface area contributed by atoms with Gasteiger partial charge in [-0.25, -0.2) is 4.98 Å². The number of aromatic nitrogens is 2. The summed E-state index contributed by atoms with van der Waals surface area (Å²) in [4.78, 5) is 7.94. The summed E-state index contributed by atoms with van der Waals surface area (Å²) in [7, 11) is -3.13. The Morgan fingerprint density at radius 1 is 0.861 bits per heavy atom. The van der Waals surface area contributed by atoms with Crippen molar-refractivity contribution in [1.82, 2.24) is 9.97 Å². The van der Waals surface area contributed by atoms with Gasteiger partial charge >= 0.3 is 6.18 Å². The Morgan fingerprint density at radius 2 is 1.39 bits per heavy atom. The number of rotatable bonds is 8. The quantitative estimate of drug-likeness (QED) is 0.281. The molecule has 1 heterocycles. The molecule has 1 aromatic heterocycles. The Bertz CT molecular complexity index is 1300. The van der Waals surface area contributed by atoms with Crippen LogP contribution in [0.5, 0.6) is 0 Å². The van der Waals surface area contributed by atoms with E-state index in [0.29, 0.717) is 28.0 Å². The molecular weight excluding hydrogens is 484 g/mol. The van der Waals surface area contributed by atoms with Crippen molar-refractivity contribution >= 4 is 40.5 Å². The van der Waals surface area contributed by atoms with Crippen LogP contribution in [0, 0.1) is 0 Å². The molecule has 0 amide bonds. The summed E-state index contributed by atoms with van der Waals surface area (Å²) in [6.45, 7) is 3.66.